The summed E-state index contributed by atoms with van der Waals surface area (Å²) < 4.78 is 32.0. The Bertz CT molecular complexity index is 933. The van der Waals surface area contributed by atoms with E-state index >= 15 is 0 Å². The number of carbonyl (C=O) groups excluding carboxylic acids is 1. The summed E-state index contributed by atoms with van der Waals surface area (Å²) in [4.78, 5) is 12.3. The highest BCUT2D eigenvalue weighted by atomic mass is 32.2. The van der Waals surface area contributed by atoms with Gasteiger partial charge in [0.15, 0.2) is 0 Å². The van der Waals surface area contributed by atoms with E-state index in [1.54, 1.807) is 39.2 Å². The van der Waals surface area contributed by atoms with Crippen LogP contribution in [0.1, 0.15) is 25.0 Å². The standard InChI is InChI=1S/C20H24N2O4S/c1-14(2)22-27(24,25)18-9-7-17(8-10-18)21-20(23)12-6-16-13-15(3)5-11-19(16)26-4/h5-14,22H,1-4H3,(H,21,23)/b12-6+. The zero-order valence-corrected chi connectivity index (χ0v) is 16.6. The van der Waals surface area contributed by atoms with Gasteiger partial charge in [0.1, 0.15) is 5.75 Å². The van der Waals surface area contributed by atoms with Crippen molar-refractivity contribution in [1.29, 1.82) is 0 Å². The van der Waals surface area contributed by atoms with Crippen LogP contribution in [0.2, 0.25) is 0 Å². The van der Waals surface area contributed by atoms with Crippen LogP contribution in [0.15, 0.2) is 53.4 Å². The Kier molecular flexibility index (Phi) is 6.76. The molecule has 2 rings (SSSR count). The molecule has 6 nitrogen and oxygen atoms in total. The molecule has 2 aromatic rings. The molecule has 0 saturated carbocycles. The maximum atomic E-state index is 12.1. The third kappa shape index (κ3) is 5.94. The number of anilines is 1. The minimum Gasteiger partial charge on any atom is -0.496 e. The minimum absolute atomic E-state index is 0.147. The lowest BCUT2D eigenvalue weighted by atomic mass is 10.1. The number of amides is 1. The third-order valence-electron chi connectivity index (χ3n) is 3.62. The van der Waals surface area contributed by atoms with Crippen LogP contribution in [0.3, 0.4) is 0 Å². The number of nitrogens with one attached hydrogen (secondary N) is 2. The van der Waals surface area contributed by atoms with E-state index in [4.69, 9.17) is 4.74 Å². The first-order valence-corrected chi connectivity index (χ1v) is 9.95. The van der Waals surface area contributed by atoms with Gasteiger partial charge in [-0.1, -0.05) is 11.6 Å². The topological polar surface area (TPSA) is 84.5 Å². The predicted octanol–water partition coefficient (Wildman–Crippen LogP) is 3.34. The monoisotopic (exact) mass is 388 g/mol. The molecule has 0 fully saturated rings. The average Bonchev–Trinajstić information content (AvgIpc) is 2.59. The quantitative estimate of drug-likeness (QED) is 0.713. The molecular formula is C20H24N2O4S. The van der Waals surface area contributed by atoms with Crippen LogP contribution in [-0.2, 0) is 14.8 Å². The number of sulfonamides is 1. The van der Waals surface area contributed by atoms with Gasteiger partial charge in [0, 0.05) is 23.4 Å². The van der Waals surface area contributed by atoms with E-state index in [9.17, 15) is 13.2 Å². The molecule has 7 heteroatoms. The average molecular weight is 388 g/mol. The molecule has 1 amide bonds. The fourth-order valence-electron chi connectivity index (χ4n) is 2.43. The number of hydrogen-bond acceptors (Lipinski definition) is 4. The van der Waals surface area contributed by atoms with Gasteiger partial charge < -0.3 is 10.1 Å². The van der Waals surface area contributed by atoms with Crippen LogP contribution in [0.25, 0.3) is 6.08 Å². The molecule has 0 aliphatic rings. The van der Waals surface area contributed by atoms with E-state index in [-0.39, 0.29) is 16.8 Å². The molecule has 0 atom stereocenters. The summed E-state index contributed by atoms with van der Waals surface area (Å²) in [5.74, 6) is 0.353. The maximum absolute atomic E-state index is 12.1. The molecule has 2 aromatic carbocycles. The number of methoxy groups -OCH3 is 1. The van der Waals surface area contributed by atoms with Crippen molar-refractivity contribution in [2.75, 3.05) is 12.4 Å². The lowest BCUT2D eigenvalue weighted by Crippen LogP contribution is -2.30. The molecule has 2 N–H and O–H groups in total. The highest BCUT2D eigenvalue weighted by molar-refractivity contribution is 7.89. The van der Waals surface area contributed by atoms with Gasteiger partial charge in [0.2, 0.25) is 15.9 Å². The first kappa shape index (κ1) is 20.7. The largest absolute Gasteiger partial charge is 0.496 e. The SMILES string of the molecule is COc1ccc(C)cc1/C=C/C(=O)Nc1ccc(S(=O)(=O)NC(C)C)cc1. The molecule has 0 aromatic heterocycles. The molecule has 0 aliphatic heterocycles. The van der Waals surface area contributed by atoms with Gasteiger partial charge in [-0.3, -0.25) is 4.79 Å². The van der Waals surface area contributed by atoms with E-state index in [0.717, 1.165) is 11.1 Å². The van der Waals surface area contributed by atoms with Crippen molar-refractivity contribution >= 4 is 27.7 Å². The van der Waals surface area contributed by atoms with E-state index in [1.807, 2.05) is 25.1 Å². The number of carbonyl (C=O) groups is 1. The molecule has 0 spiro atoms. The normalized spacial score (nSPS) is 11.7. The van der Waals surface area contributed by atoms with Crippen molar-refractivity contribution in [3.05, 3.63) is 59.7 Å². The summed E-state index contributed by atoms with van der Waals surface area (Å²) in [5, 5.41) is 2.70. The molecular weight excluding hydrogens is 364 g/mol. The zero-order valence-electron chi connectivity index (χ0n) is 15.8. The van der Waals surface area contributed by atoms with Gasteiger partial charge in [-0.2, -0.15) is 0 Å². The zero-order chi connectivity index (χ0) is 20.0. The van der Waals surface area contributed by atoms with E-state index in [0.29, 0.717) is 11.4 Å². The van der Waals surface area contributed by atoms with Crippen molar-refractivity contribution < 1.29 is 17.9 Å². The Labute approximate surface area is 160 Å². The fourth-order valence-corrected chi connectivity index (χ4v) is 3.68. The summed E-state index contributed by atoms with van der Waals surface area (Å²) in [7, 11) is -1.98. The van der Waals surface area contributed by atoms with Gasteiger partial charge in [-0.25, -0.2) is 13.1 Å². The first-order chi connectivity index (χ1) is 12.7. The van der Waals surface area contributed by atoms with Crippen molar-refractivity contribution in [1.82, 2.24) is 4.72 Å². The molecule has 0 unspecified atom stereocenters. The second-order valence-corrected chi connectivity index (χ2v) is 8.08. The van der Waals surface area contributed by atoms with Crippen molar-refractivity contribution in [3.8, 4) is 5.75 Å². The van der Waals surface area contributed by atoms with Gasteiger partial charge in [0.05, 0.1) is 12.0 Å². The first-order valence-electron chi connectivity index (χ1n) is 8.47. The van der Waals surface area contributed by atoms with Gasteiger partial charge in [-0.15, -0.1) is 0 Å². The summed E-state index contributed by atoms with van der Waals surface area (Å²) in [6.07, 6.45) is 3.08. The Morgan fingerprint density at radius 1 is 1.11 bits per heavy atom. The molecule has 0 saturated heterocycles. The Balaban J connectivity index is 2.07. The second-order valence-electron chi connectivity index (χ2n) is 6.37. The van der Waals surface area contributed by atoms with Crippen LogP contribution in [0, 0.1) is 6.92 Å². The number of rotatable bonds is 7. The minimum atomic E-state index is -3.55. The summed E-state index contributed by atoms with van der Waals surface area (Å²) in [6, 6.07) is 11.5. The van der Waals surface area contributed by atoms with E-state index < -0.39 is 10.0 Å². The molecule has 0 bridgehead atoms. The second kappa shape index (κ2) is 8.83. The fraction of sp³-hybridized carbons (Fsp3) is 0.250. The van der Waals surface area contributed by atoms with Crippen LogP contribution in [0.5, 0.6) is 5.75 Å². The molecule has 0 heterocycles. The number of hydrogen-bond donors (Lipinski definition) is 2. The van der Waals surface area contributed by atoms with Crippen molar-refractivity contribution in [2.24, 2.45) is 0 Å². The Morgan fingerprint density at radius 3 is 2.37 bits per heavy atom. The summed E-state index contributed by atoms with van der Waals surface area (Å²) in [6.45, 7) is 5.46. The van der Waals surface area contributed by atoms with Crippen molar-refractivity contribution in [3.63, 3.8) is 0 Å². The number of ether oxygens (including phenoxy) is 1. The van der Waals surface area contributed by atoms with Crippen molar-refractivity contribution in [2.45, 2.75) is 31.7 Å². The Hall–Kier alpha value is -2.64. The number of aryl methyl sites for hydroxylation is 1. The van der Waals surface area contributed by atoms with Crippen LogP contribution < -0.4 is 14.8 Å². The van der Waals surface area contributed by atoms with Gasteiger partial charge in [-0.05, 0) is 63.2 Å². The summed E-state index contributed by atoms with van der Waals surface area (Å²) in [5.41, 5.74) is 2.36. The third-order valence-corrected chi connectivity index (χ3v) is 5.30. The highest BCUT2D eigenvalue weighted by Gasteiger charge is 2.15. The van der Waals surface area contributed by atoms with E-state index in [2.05, 4.69) is 10.0 Å². The van der Waals surface area contributed by atoms with Gasteiger partial charge in [0.25, 0.3) is 0 Å². The molecule has 27 heavy (non-hydrogen) atoms. The lowest BCUT2D eigenvalue weighted by molar-refractivity contribution is -0.111. The number of benzene rings is 2. The van der Waals surface area contributed by atoms with Crippen LogP contribution in [-0.4, -0.2) is 27.5 Å². The summed E-state index contributed by atoms with van der Waals surface area (Å²) >= 11 is 0. The molecule has 0 aliphatic carbocycles. The van der Waals surface area contributed by atoms with E-state index in [1.165, 1.54) is 18.2 Å². The van der Waals surface area contributed by atoms with Gasteiger partial charge >= 0.3 is 0 Å². The smallest absolute Gasteiger partial charge is 0.248 e. The van der Waals surface area contributed by atoms with Crippen LogP contribution in [0.4, 0.5) is 5.69 Å². The molecule has 0 radical (unpaired) electrons. The Morgan fingerprint density at radius 2 is 1.78 bits per heavy atom. The highest BCUT2D eigenvalue weighted by Crippen LogP contribution is 2.21. The maximum Gasteiger partial charge on any atom is 0.248 e. The predicted molar refractivity (Wildman–Crippen MR) is 107 cm³/mol. The van der Waals surface area contributed by atoms with Crippen LogP contribution >= 0.6 is 0 Å². The lowest BCUT2D eigenvalue weighted by Gasteiger charge is -2.10. The molecule has 144 valence electrons.